The molecule has 0 N–H and O–H groups in total. The van der Waals surface area contributed by atoms with Crippen LogP contribution in [0.2, 0.25) is 0 Å². The highest BCUT2D eigenvalue weighted by atomic mass is 14.0. The van der Waals surface area contributed by atoms with E-state index in [1.807, 2.05) is 0 Å². The molecule has 0 heteroatoms. The van der Waals surface area contributed by atoms with E-state index in [0.29, 0.717) is 0 Å². The van der Waals surface area contributed by atoms with Gasteiger partial charge in [0.15, 0.2) is 0 Å². The van der Waals surface area contributed by atoms with E-state index < -0.39 is 0 Å². The molecule has 6 rings (SSSR count). The third-order valence-corrected chi connectivity index (χ3v) is 6.98. The van der Waals surface area contributed by atoms with E-state index in [1.165, 1.54) is 32.7 Å². The summed E-state index contributed by atoms with van der Waals surface area (Å²) in [6.07, 6.45) is 4.25. The van der Waals surface area contributed by atoms with Crippen molar-refractivity contribution in [3.63, 3.8) is 0 Å². The summed E-state index contributed by atoms with van der Waals surface area (Å²) < 4.78 is 0. The van der Waals surface area contributed by atoms with Crippen LogP contribution >= 0.6 is 0 Å². The van der Waals surface area contributed by atoms with Gasteiger partial charge in [0.1, 0.15) is 0 Å². The van der Waals surface area contributed by atoms with Gasteiger partial charge in [-0.25, -0.2) is 0 Å². The molecule has 0 atom stereocenters. The van der Waals surface area contributed by atoms with Crippen molar-refractivity contribution < 1.29 is 0 Å². The summed E-state index contributed by atoms with van der Waals surface area (Å²) in [5.74, 6) is 13.2. The Morgan fingerprint density at radius 2 is 0.675 bits per heavy atom. The largest absolute Gasteiger partial charge is 0.0617 e. The minimum atomic E-state index is 1.01. The first-order chi connectivity index (χ1) is 19.6. The van der Waals surface area contributed by atoms with Crippen LogP contribution in [-0.4, -0.2) is 0 Å². The fourth-order valence-corrected chi connectivity index (χ4v) is 4.72. The molecule has 0 saturated heterocycles. The standard InChI is InChI=1S/C40H28/c1-29-3-21-39-27-35(19-23-37(39)25-29)17-15-33-11-7-31(8-12-33)5-6-32-9-13-34(14-10-32)16-18-36-20-24-38-26-30(2)4-22-40(38)28-36/h3-14,19-28H,1-2H3. The van der Waals surface area contributed by atoms with Crippen molar-refractivity contribution in [2.45, 2.75) is 13.8 Å². The summed E-state index contributed by atoms with van der Waals surface area (Å²) in [5, 5.41) is 4.94. The Labute approximate surface area is 236 Å². The average molecular weight is 509 g/mol. The Bertz CT molecular complexity index is 1850. The minimum absolute atomic E-state index is 1.01. The number of benzene rings is 6. The molecule has 40 heavy (non-hydrogen) atoms. The maximum absolute atomic E-state index is 3.30. The maximum Gasteiger partial charge on any atom is 0.0255 e. The van der Waals surface area contributed by atoms with Gasteiger partial charge >= 0.3 is 0 Å². The van der Waals surface area contributed by atoms with Crippen LogP contribution in [0.5, 0.6) is 0 Å². The summed E-state index contributed by atoms with van der Waals surface area (Å²) in [6.45, 7) is 4.24. The first kappa shape index (κ1) is 25.0. The number of hydrogen-bond donors (Lipinski definition) is 0. The van der Waals surface area contributed by atoms with Crippen molar-refractivity contribution in [3.8, 4) is 23.7 Å². The van der Waals surface area contributed by atoms with Crippen molar-refractivity contribution in [3.05, 3.63) is 166 Å². The molecule has 0 spiro atoms. The van der Waals surface area contributed by atoms with Gasteiger partial charge in [0, 0.05) is 22.3 Å². The number of rotatable bonds is 2. The van der Waals surface area contributed by atoms with Crippen LogP contribution in [0, 0.1) is 37.5 Å². The van der Waals surface area contributed by atoms with Gasteiger partial charge in [0.05, 0.1) is 0 Å². The molecule has 0 aliphatic rings. The smallest absolute Gasteiger partial charge is 0.0255 e. The molecule has 0 saturated carbocycles. The van der Waals surface area contributed by atoms with E-state index >= 15 is 0 Å². The van der Waals surface area contributed by atoms with E-state index in [9.17, 15) is 0 Å². The highest BCUT2D eigenvalue weighted by Gasteiger charge is 1.97. The van der Waals surface area contributed by atoms with E-state index in [4.69, 9.17) is 0 Å². The molecular weight excluding hydrogens is 480 g/mol. The van der Waals surface area contributed by atoms with Gasteiger partial charge in [0.2, 0.25) is 0 Å². The van der Waals surface area contributed by atoms with E-state index in [2.05, 4.69) is 171 Å². The first-order valence-electron chi connectivity index (χ1n) is 13.5. The summed E-state index contributed by atoms with van der Waals surface area (Å²) in [7, 11) is 0. The third-order valence-electron chi connectivity index (χ3n) is 6.98. The lowest BCUT2D eigenvalue weighted by atomic mass is 10.0. The van der Waals surface area contributed by atoms with Crippen LogP contribution in [0.15, 0.2) is 121 Å². The molecule has 0 radical (unpaired) electrons. The molecule has 0 heterocycles. The second-order valence-corrected chi connectivity index (χ2v) is 10.2. The van der Waals surface area contributed by atoms with Gasteiger partial charge < -0.3 is 0 Å². The zero-order chi connectivity index (χ0) is 27.3. The molecule has 6 aromatic carbocycles. The summed E-state index contributed by atoms with van der Waals surface area (Å²) in [5.41, 5.74) is 8.89. The monoisotopic (exact) mass is 508 g/mol. The second kappa shape index (κ2) is 11.2. The van der Waals surface area contributed by atoms with Crippen molar-refractivity contribution in [2.75, 3.05) is 0 Å². The maximum atomic E-state index is 3.30. The SMILES string of the molecule is Cc1ccc2cc(C#Cc3ccc(C=Cc4ccc(C#Cc5ccc6cc(C)ccc6c5)cc4)cc3)ccc2c1. The Morgan fingerprint density at radius 3 is 1.10 bits per heavy atom. The number of hydrogen-bond acceptors (Lipinski definition) is 0. The number of fused-ring (bicyclic) bond motifs is 2. The lowest BCUT2D eigenvalue weighted by Gasteiger charge is -2.00. The predicted octanol–water partition coefficient (Wildman–Crippen LogP) is 9.58. The van der Waals surface area contributed by atoms with Crippen molar-refractivity contribution >= 4 is 33.7 Å². The fourth-order valence-electron chi connectivity index (χ4n) is 4.72. The molecular formula is C40H28. The number of aryl methyl sites for hydroxylation is 2. The van der Waals surface area contributed by atoms with Gasteiger partial charge in [-0.15, -0.1) is 0 Å². The lowest BCUT2D eigenvalue weighted by Crippen LogP contribution is -1.80. The summed E-state index contributed by atoms with van der Waals surface area (Å²) >= 11 is 0. The Balaban J connectivity index is 1.09. The molecule has 0 aliphatic carbocycles. The van der Waals surface area contributed by atoms with Crippen LogP contribution in [0.1, 0.15) is 44.5 Å². The normalized spacial score (nSPS) is 10.8. The molecule has 0 amide bonds. The molecule has 0 aromatic heterocycles. The summed E-state index contributed by atoms with van der Waals surface area (Å²) in [6, 6.07) is 42.5. The fraction of sp³-hybridized carbons (Fsp3) is 0.0500. The van der Waals surface area contributed by atoms with Gasteiger partial charge in [-0.1, -0.05) is 120 Å². The van der Waals surface area contributed by atoms with Gasteiger partial charge in [-0.05, 0) is 95.1 Å². The Kier molecular flexibility index (Phi) is 7.01. The van der Waals surface area contributed by atoms with Crippen LogP contribution in [0.4, 0.5) is 0 Å². The molecule has 6 aromatic rings. The third kappa shape index (κ3) is 6.05. The van der Waals surface area contributed by atoms with Crippen LogP contribution in [0.3, 0.4) is 0 Å². The van der Waals surface area contributed by atoms with E-state index in [0.717, 1.165) is 33.4 Å². The van der Waals surface area contributed by atoms with Gasteiger partial charge in [-0.2, -0.15) is 0 Å². The molecule has 0 bridgehead atoms. The second-order valence-electron chi connectivity index (χ2n) is 10.2. The molecule has 0 aliphatic heterocycles. The molecule has 0 nitrogen and oxygen atoms in total. The average Bonchev–Trinajstić information content (AvgIpc) is 2.99. The Hall–Kier alpha value is -5.30. The highest BCUT2D eigenvalue weighted by Crippen LogP contribution is 2.19. The Morgan fingerprint density at radius 1 is 0.350 bits per heavy atom. The molecule has 0 fully saturated rings. The zero-order valence-electron chi connectivity index (χ0n) is 22.7. The van der Waals surface area contributed by atoms with Gasteiger partial charge in [0.25, 0.3) is 0 Å². The van der Waals surface area contributed by atoms with Crippen LogP contribution in [-0.2, 0) is 0 Å². The van der Waals surface area contributed by atoms with E-state index in [1.54, 1.807) is 0 Å². The molecule has 0 unspecified atom stereocenters. The van der Waals surface area contributed by atoms with Crippen LogP contribution < -0.4 is 0 Å². The topological polar surface area (TPSA) is 0 Å². The van der Waals surface area contributed by atoms with Crippen molar-refractivity contribution in [1.82, 2.24) is 0 Å². The quantitative estimate of drug-likeness (QED) is 0.161. The highest BCUT2D eigenvalue weighted by molar-refractivity contribution is 5.85. The van der Waals surface area contributed by atoms with E-state index in [-0.39, 0.29) is 0 Å². The summed E-state index contributed by atoms with van der Waals surface area (Å²) in [4.78, 5) is 0. The zero-order valence-corrected chi connectivity index (χ0v) is 22.7. The predicted molar refractivity (Wildman–Crippen MR) is 171 cm³/mol. The first-order valence-corrected chi connectivity index (χ1v) is 13.5. The lowest BCUT2D eigenvalue weighted by molar-refractivity contribution is 1.50. The van der Waals surface area contributed by atoms with Crippen molar-refractivity contribution in [1.29, 1.82) is 0 Å². The van der Waals surface area contributed by atoms with Gasteiger partial charge in [-0.3, -0.25) is 0 Å². The van der Waals surface area contributed by atoms with Crippen molar-refractivity contribution in [2.24, 2.45) is 0 Å². The van der Waals surface area contributed by atoms with Crippen LogP contribution in [0.25, 0.3) is 33.7 Å². The molecule has 188 valence electrons. The minimum Gasteiger partial charge on any atom is -0.0617 e.